The Morgan fingerprint density at radius 3 is 2.72 bits per heavy atom. The molecule has 1 saturated heterocycles. The van der Waals surface area contributed by atoms with E-state index in [0.29, 0.717) is 25.3 Å². The Labute approximate surface area is 148 Å². The third kappa shape index (κ3) is 5.89. The van der Waals surface area contributed by atoms with Gasteiger partial charge in [0, 0.05) is 25.1 Å². The molecule has 1 aromatic rings. The van der Waals surface area contributed by atoms with E-state index in [2.05, 4.69) is 0 Å². The molecule has 25 heavy (non-hydrogen) atoms. The van der Waals surface area contributed by atoms with Gasteiger partial charge in [-0.25, -0.2) is 9.59 Å². The number of benzene rings is 1. The molecule has 2 rings (SSSR count). The predicted molar refractivity (Wildman–Crippen MR) is 92.5 cm³/mol. The SMILES string of the molecule is CCCCOC(=O)C(Cc1cccc(C=O)c1)OC(=O)N1CCCC1. The van der Waals surface area contributed by atoms with Crippen molar-refractivity contribution < 1.29 is 23.9 Å². The maximum atomic E-state index is 12.3. The minimum absolute atomic E-state index is 0.187. The lowest BCUT2D eigenvalue weighted by molar-refractivity contribution is -0.154. The largest absolute Gasteiger partial charge is 0.463 e. The quantitative estimate of drug-likeness (QED) is 0.411. The highest BCUT2D eigenvalue weighted by Gasteiger charge is 2.28. The smallest absolute Gasteiger partial charge is 0.410 e. The molecule has 0 N–H and O–H groups in total. The number of amides is 1. The number of ether oxygens (including phenoxy) is 2. The average Bonchev–Trinajstić information content (AvgIpc) is 3.16. The molecule has 0 spiro atoms. The first kappa shape index (κ1) is 19.0. The summed E-state index contributed by atoms with van der Waals surface area (Å²) in [4.78, 5) is 37.1. The minimum Gasteiger partial charge on any atom is -0.463 e. The lowest BCUT2D eigenvalue weighted by Gasteiger charge is -2.21. The first-order valence-corrected chi connectivity index (χ1v) is 8.80. The van der Waals surface area contributed by atoms with E-state index in [1.165, 1.54) is 0 Å². The van der Waals surface area contributed by atoms with Crippen LogP contribution in [0.4, 0.5) is 4.79 Å². The summed E-state index contributed by atoms with van der Waals surface area (Å²) in [5.74, 6) is -0.544. The fourth-order valence-electron chi connectivity index (χ4n) is 2.69. The van der Waals surface area contributed by atoms with Gasteiger partial charge in [-0.05, 0) is 30.9 Å². The molecule has 0 aliphatic carbocycles. The van der Waals surface area contributed by atoms with Crippen molar-refractivity contribution >= 4 is 18.3 Å². The van der Waals surface area contributed by atoms with Crippen LogP contribution in [0.25, 0.3) is 0 Å². The summed E-state index contributed by atoms with van der Waals surface area (Å²) in [6, 6.07) is 6.90. The molecule has 1 aliphatic rings. The van der Waals surface area contributed by atoms with Crippen LogP contribution >= 0.6 is 0 Å². The monoisotopic (exact) mass is 347 g/mol. The second-order valence-corrected chi connectivity index (χ2v) is 6.15. The molecule has 6 nitrogen and oxygen atoms in total. The van der Waals surface area contributed by atoms with Gasteiger partial charge in [0.1, 0.15) is 6.29 Å². The highest BCUT2D eigenvalue weighted by atomic mass is 16.6. The van der Waals surface area contributed by atoms with E-state index in [1.807, 2.05) is 6.92 Å². The van der Waals surface area contributed by atoms with Crippen molar-refractivity contribution in [2.45, 2.75) is 45.1 Å². The van der Waals surface area contributed by atoms with E-state index in [0.717, 1.165) is 37.5 Å². The van der Waals surface area contributed by atoms with Crippen LogP contribution < -0.4 is 0 Å². The molecule has 1 unspecified atom stereocenters. The molecular weight excluding hydrogens is 322 g/mol. The van der Waals surface area contributed by atoms with Gasteiger partial charge < -0.3 is 14.4 Å². The lowest BCUT2D eigenvalue weighted by atomic mass is 10.1. The minimum atomic E-state index is -1.01. The topological polar surface area (TPSA) is 72.9 Å². The van der Waals surface area contributed by atoms with Crippen LogP contribution in [0.3, 0.4) is 0 Å². The van der Waals surface area contributed by atoms with Crippen molar-refractivity contribution in [2.75, 3.05) is 19.7 Å². The molecular formula is C19H25NO5. The van der Waals surface area contributed by atoms with Crippen LogP contribution in [-0.4, -0.2) is 49.0 Å². The predicted octanol–water partition coefficient (Wildman–Crippen LogP) is 2.99. The number of hydrogen-bond acceptors (Lipinski definition) is 5. The van der Waals surface area contributed by atoms with Crippen LogP contribution in [-0.2, 0) is 20.7 Å². The number of rotatable bonds is 8. The summed E-state index contributed by atoms with van der Waals surface area (Å²) in [5.41, 5.74) is 1.26. The van der Waals surface area contributed by atoms with Gasteiger partial charge in [-0.1, -0.05) is 31.5 Å². The standard InChI is InChI=1S/C19H25NO5/c1-2-3-11-24-18(22)17(25-19(23)20-9-4-5-10-20)13-15-7-6-8-16(12-15)14-21/h6-8,12,14,17H,2-5,9-11,13H2,1H3. The molecule has 1 aliphatic heterocycles. The second kappa shape index (κ2) is 9.81. The van der Waals surface area contributed by atoms with Crippen LogP contribution in [0, 0.1) is 0 Å². The van der Waals surface area contributed by atoms with Gasteiger partial charge in [0.05, 0.1) is 6.61 Å². The highest BCUT2D eigenvalue weighted by molar-refractivity contribution is 5.79. The van der Waals surface area contributed by atoms with E-state index in [-0.39, 0.29) is 6.42 Å². The Morgan fingerprint density at radius 1 is 1.28 bits per heavy atom. The molecule has 136 valence electrons. The van der Waals surface area contributed by atoms with Crippen molar-refractivity contribution in [1.29, 1.82) is 0 Å². The number of carbonyl (C=O) groups is 3. The van der Waals surface area contributed by atoms with Gasteiger partial charge >= 0.3 is 12.1 Å². The number of nitrogens with zero attached hydrogens (tertiary/aromatic N) is 1. The molecule has 1 aromatic carbocycles. The van der Waals surface area contributed by atoms with Crippen LogP contribution in [0.2, 0.25) is 0 Å². The van der Waals surface area contributed by atoms with E-state index in [1.54, 1.807) is 29.2 Å². The first-order valence-electron chi connectivity index (χ1n) is 8.80. The van der Waals surface area contributed by atoms with Gasteiger partial charge in [0.15, 0.2) is 0 Å². The Hall–Kier alpha value is -2.37. The molecule has 6 heteroatoms. The summed E-state index contributed by atoms with van der Waals surface area (Å²) in [5, 5.41) is 0. The zero-order valence-corrected chi connectivity index (χ0v) is 14.6. The van der Waals surface area contributed by atoms with E-state index in [9.17, 15) is 14.4 Å². The van der Waals surface area contributed by atoms with Crippen LogP contribution in [0.1, 0.15) is 48.5 Å². The van der Waals surface area contributed by atoms with E-state index in [4.69, 9.17) is 9.47 Å². The van der Waals surface area contributed by atoms with Crippen molar-refractivity contribution in [3.05, 3.63) is 35.4 Å². The van der Waals surface area contributed by atoms with Crippen molar-refractivity contribution in [1.82, 2.24) is 4.90 Å². The van der Waals surface area contributed by atoms with Crippen molar-refractivity contribution in [2.24, 2.45) is 0 Å². The lowest BCUT2D eigenvalue weighted by Crippen LogP contribution is -2.37. The first-order chi connectivity index (χ1) is 12.1. The molecule has 1 heterocycles. The average molecular weight is 347 g/mol. The van der Waals surface area contributed by atoms with Gasteiger partial charge in [-0.3, -0.25) is 4.79 Å². The maximum absolute atomic E-state index is 12.3. The third-order valence-corrected chi connectivity index (χ3v) is 4.12. The Bertz CT molecular complexity index is 595. The van der Waals surface area contributed by atoms with E-state index >= 15 is 0 Å². The van der Waals surface area contributed by atoms with E-state index < -0.39 is 18.2 Å². The molecule has 0 radical (unpaired) electrons. The van der Waals surface area contributed by atoms with Crippen molar-refractivity contribution in [3.8, 4) is 0 Å². The van der Waals surface area contributed by atoms with Gasteiger partial charge in [0.2, 0.25) is 6.10 Å². The molecule has 1 fully saturated rings. The number of hydrogen-bond donors (Lipinski definition) is 0. The molecule has 1 atom stereocenters. The molecule has 0 bridgehead atoms. The number of likely N-dealkylation sites (tertiary alicyclic amines) is 1. The number of unbranched alkanes of at least 4 members (excludes halogenated alkanes) is 1. The number of carbonyl (C=O) groups excluding carboxylic acids is 3. The third-order valence-electron chi connectivity index (χ3n) is 4.12. The molecule has 0 saturated carbocycles. The number of aldehydes is 1. The van der Waals surface area contributed by atoms with Crippen LogP contribution in [0.15, 0.2) is 24.3 Å². The normalized spacial score (nSPS) is 14.8. The zero-order chi connectivity index (χ0) is 18.1. The van der Waals surface area contributed by atoms with Crippen molar-refractivity contribution in [3.63, 3.8) is 0 Å². The van der Waals surface area contributed by atoms with Crippen LogP contribution in [0.5, 0.6) is 0 Å². The fraction of sp³-hybridized carbons (Fsp3) is 0.526. The van der Waals surface area contributed by atoms with Gasteiger partial charge in [0.25, 0.3) is 0 Å². The number of esters is 1. The second-order valence-electron chi connectivity index (χ2n) is 6.15. The maximum Gasteiger partial charge on any atom is 0.410 e. The molecule has 1 amide bonds. The summed E-state index contributed by atoms with van der Waals surface area (Å²) >= 11 is 0. The zero-order valence-electron chi connectivity index (χ0n) is 14.6. The summed E-state index contributed by atoms with van der Waals surface area (Å²) < 4.78 is 10.7. The summed E-state index contributed by atoms with van der Waals surface area (Å²) in [7, 11) is 0. The summed E-state index contributed by atoms with van der Waals surface area (Å²) in [6.07, 6.45) is 3.00. The van der Waals surface area contributed by atoms with Gasteiger partial charge in [-0.15, -0.1) is 0 Å². The fourth-order valence-corrected chi connectivity index (χ4v) is 2.69. The Morgan fingerprint density at radius 2 is 2.04 bits per heavy atom. The highest BCUT2D eigenvalue weighted by Crippen LogP contribution is 2.14. The van der Waals surface area contributed by atoms with Gasteiger partial charge in [-0.2, -0.15) is 0 Å². The Balaban J connectivity index is 2.05. The Kier molecular flexibility index (Phi) is 7.44. The summed E-state index contributed by atoms with van der Waals surface area (Å²) in [6.45, 7) is 3.61. The molecule has 0 aromatic heterocycles.